The van der Waals surface area contributed by atoms with E-state index < -0.39 is 0 Å². The fourth-order valence-electron chi connectivity index (χ4n) is 2.61. The van der Waals surface area contributed by atoms with E-state index in [1.165, 1.54) is 0 Å². The van der Waals surface area contributed by atoms with Crippen LogP contribution < -0.4 is 0 Å². The molecule has 4 rings (SSSR count). The Balaban J connectivity index is 1.71. The number of fused-ring (bicyclic) bond motifs is 3. The van der Waals surface area contributed by atoms with E-state index in [4.69, 9.17) is 4.98 Å². The van der Waals surface area contributed by atoms with E-state index >= 15 is 0 Å². The monoisotopic (exact) mass is 338 g/mol. The highest BCUT2D eigenvalue weighted by Gasteiger charge is 2.13. The number of aryl methyl sites for hydroxylation is 1. The SMILES string of the molecule is Cc1nc2c3ccccc3nc(SCc3ccn(C(C)C)n3)n2n1. The third kappa shape index (κ3) is 2.65. The summed E-state index contributed by atoms with van der Waals surface area (Å²) in [5.41, 5.74) is 2.83. The van der Waals surface area contributed by atoms with Gasteiger partial charge in [0, 0.05) is 23.4 Å². The number of aromatic nitrogens is 6. The number of hydrogen-bond acceptors (Lipinski definition) is 5. The Morgan fingerprint density at radius 1 is 1.08 bits per heavy atom. The summed E-state index contributed by atoms with van der Waals surface area (Å²) in [5.74, 6) is 1.50. The van der Waals surface area contributed by atoms with Gasteiger partial charge in [0.2, 0.25) is 0 Å². The minimum absolute atomic E-state index is 0.368. The molecule has 1 aromatic carbocycles. The molecule has 7 heteroatoms. The highest BCUT2D eigenvalue weighted by Crippen LogP contribution is 2.25. The summed E-state index contributed by atoms with van der Waals surface area (Å²) < 4.78 is 3.81. The molecule has 0 aliphatic carbocycles. The average molecular weight is 338 g/mol. The van der Waals surface area contributed by atoms with Gasteiger partial charge < -0.3 is 0 Å². The quantitative estimate of drug-likeness (QED) is 0.420. The molecule has 3 heterocycles. The van der Waals surface area contributed by atoms with Crippen molar-refractivity contribution in [3.63, 3.8) is 0 Å². The molecule has 0 saturated carbocycles. The van der Waals surface area contributed by atoms with Gasteiger partial charge in [-0.1, -0.05) is 23.9 Å². The molecule has 0 fully saturated rings. The molecule has 122 valence electrons. The Hall–Kier alpha value is -2.41. The number of hydrogen-bond donors (Lipinski definition) is 0. The lowest BCUT2D eigenvalue weighted by Crippen LogP contribution is -2.02. The Labute approximate surface area is 143 Å². The largest absolute Gasteiger partial charge is 0.270 e. The van der Waals surface area contributed by atoms with Crippen LogP contribution in [-0.4, -0.2) is 29.4 Å². The smallest absolute Gasteiger partial charge is 0.191 e. The van der Waals surface area contributed by atoms with Crippen LogP contribution in [-0.2, 0) is 5.75 Å². The fourth-order valence-corrected chi connectivity index (χ4v) is 3.45. The zero-order valence-electron chi connectivity index (χ0n) is 13.8. The number of nitrogens with zero attached hydrogens (tertiary/aromatic N) is 6. The van der Waals surface area contributed by atoms with Gasteiger partial charge >= 0.3 is 0 Å². The molecule has 3 aromatic heterocycles. The number of benzene rings is 1. The molecule has 0 spiro atoms. The van der Waals surface area contributed by atoms with Crippen LogP contribution in [0.3, 0.4) is 0 Å². The van der Waals surface area contributed by atoms with Gasteiger partial charge in [0.15, 0.2) is 10.8 Å². The first-order chi connectivity index (χ1) is 11.6. The summed E-state index contributed by atoms with van der Waals surface area (Å²) in [6.45, 7) is 6.15. The van der Waals surface area contributed by atoms with Crippen molar-refractivity contribution in [2.24, 2.45) is 0 Å². The van der Waals surface area contributed by atoms with Crippen LogP contribution in [0.25, 0.3) is 16.6 Å². The number of para-hydroxylation sites is 1. The maximum absolute atomic E-state index is 4.76. The van der Waals surface area contributed by atoms with Gasteiger partial charge in [0.1, 0.15) is 5.82 Å². The van der Waals surface area contributed by atoms with Gasteiger partial charge in [-0.25, -0.2) is 9.97 Å². The predicted molar refractivity (Wildman–Crippen MR) is 95.2 cm³/mol. The van der Waals surface area contributed by atoms with E-state index in [9.17, 15) is 0 Å². The minimum Gasteiger partial charge on any atom is -0.270 e. The summed E-state index contributed by atoms with van der Waals surface area (Å²) in [7, 11) is 0. The molecule has 0 unspecified atom stereocenters. The van der Waals surface area contributed by atoms with E-state index in [1.54, 1.807) is 11.8 Å². The van der Waals surface area contributed by atoms with E-state index in [1.807, 2.05) is 46.6 Å². The van der Waals surface area contributed by atoms with Crippen LogP contribution >= 0.6 is 11.8 Å². The molecule has 6 nitrogen and oxygen atoms in total. The second-order valence-corrected chi connectivity index (χ2v) is 6.92. The van der Waals surface area contributed by atoms with Gasteiger partial charge in [-0.05, 0) is 39.0 Å². The van der Waals surface area contributed by atoms with Crippen molar-refractivity contribution in [2.75, 3.05) is 0 Å². The van der Waals surface area contributed by atoms with Crippen LogP contribution in [0.4, 0.5) is 0 Å². The third-order valence-corrected chi connectivity index (χ3v) is 4.76. The lowest BCUT2D eigenvalue weighted by Gasteiger charge is -2.06. The molecule has 4 aromatic rings. The number of thioether (sulfide) groups is 1. The van der Waals surface area contributed by atoms with Gasteiger partial charge in [-0.3, -0.25) is 4.68 Å². The Morgan fingerprint density at radius 2 is 1.92 bits per heavy atom. The summed E-state index contributed by atoms with van der Waals surface area (Å²) in [5, 5.41) is 11.0. The average Bonchev–Trinajstić information content (AvgIpc) is 3.19. The molecular formula is C17H18N6S. The normalized spacial score (nSPS) is 11.8. The van der Waals surface area contributed by atoms with Crippen molar-refractivity contribution in [3.8, 4) is 0 Å². The van der Waals surface area contributed by atoms with E-state index in [2.05, 4.69) is 35.1 Å². The van der Waals surface area contributed by atoms with Crippen molar-refractivity contribution in [3.05, 3.63) is 48.0 Å². The topological polar surface area (TPSA) is 60.9 Å². The fraction of sp³-hybridized carbons (Fsp3) is 0.294. The second-order valence-electron chi connectivity index (χ2n) is 5.98. The van der Waals surface area contributed by atoms with Gasteiger partial charge in [0.05, 0.1) is 11.2 Å². The second kappa shape index (κ2) is 5.90. The molecular weight excluding hydrogens is 320 g/mol. The van der Waals surface area contributed by atoms with Crippen molar-refractivity contribution >= 4 is 28.3 Å². The lowest BCUT2D eigenvalue weighted by molar-refractivity contribution is 0.528. The standard InChI is InChI=1S/C17H18N6S/c1-11(2)22-9-8-13(21-22)10-24-17-19-15-7-5-4-6-14(15)16-18-12(3)20-23(16)17/h4-9,11H,10H2,1-3H3. The Kier molecular flexibility index (Phi) is 3.72. The van der Waals surface area contributed by atoms with Gasteiger partial charge in [-0.15, -0.1) is 5.10 Å². The molecule has 0 radical (unpaired) electrons. The lowest BCUT2D eigenvalue weighted by atomic mass is 10.2. The minimum atomic E-state index is 0.368. The summed E-state index contributed by atoms with van der Waals surface area (Å²) in [6, 6.07) is 10.5. The van der Waals surface area contributed by atoms with Crippen LogP contribution in [0.5, 0.6) is 0 Å². The summed E-state index contributed by atoms with van der Waals surface area (Å²) in [4.78, 5) is 9.33. The molecule has 0 aliphatic rings. The predicted octanol–water partition coefficient (Wildman–Crippen LogP) is 3.66. The Morgan fingerprint density at radius 3 is 2.71 bits per heavy atom. The first-order valence-electron chi connectivity index (χ1n) is 7.91. The summed E-state index contributed by atoms with van der Waals surface area (Å²) >= 11 is 1.63. The Bertz CT molecular complexity index is 1020. The molecule has 0 saturated heterocycles. The zero-order valence-corrected chi connectivity index (χ0v) is 14.7. The van der Waals surface area contributed by atoms with Crippen LogP contribution in [0.1, 0.15) is 31.4 Å². The van der Waals surface area contributed by atoms with E-state index in [0.29, 0.717) is 6.04 Å². The van der Waals surface area contributed by atoms with Gasteiger partial charge in [0.25, 0.3) is 0 Å². The highest BCUT2D eigenvalue weighted by atomic mass is 32.2. The molecule has 0 aliphatic heterocycles. The molecule has 0 atom stereocenters. The zero-order chi connectivity index (χ0) is 16.7. The maximum atomic E-state index is 4.76. The van der Waals surface area contributed by atoms with Crippen molar-refractivity contribution in [2.45, 2.75) is 37.7 Å². The van der Waals surface area contributed by atoms with E-state index in [0.717, 1.165) is 39.0 Å². The van der Waals surface area contributed by atoms with E-state index in [-0.39, 0.29) is 0 Å². The molecule has 24 heavy (non-hydrogen) atoms. The first kappa shape index (κ1) is 15.1. The maximum Gasteiger partial charge on any atom is 0.191 e. The van der Waals surface area contributed by atoms with Crippen LogP contribution in [0.2, 0.25) is 0 Å². The number of rotatable bonds is 4. The third-order valence-electron chi connectivity index (χ3n) is 3.80. The van der Waals surface area contributed by atoms with Gasteiger partial charge in [-0.2, -0.15) is 9.61 Å². The first-order valence-corrected chi connectivity index (χ1v) is 8.89. The van der Waals surface area contributed by atoms with Crippen molar-refractivity contribution in [1.82, 2.24) is 29.4 Å². The van der Waals surface area contributed by atoms with Crippen LogP contribution in [0.15, 0.2) is 41.7 Å². The molecule has 0 amide bonds. The molecule has 0 bridgehead atoms. The van der Waals surface area contributed by atoms with Crippen molar-refractivity contribution in [1.29, 1.82) is 0 Å². The summed E-state index contributed by atoms with van der Waals surface area (Å²) in [6.07, 6.45) is 2.02. The van der Waals surface area contributed by atoms with Crippen LogP contribution in [0, 0.1) is 6.92 Å². The highest BCUT2D eigenvalue weighted by molar-refractivity contribution is 7.98. The molecule has 0 N–H and O–H groups in total. The van der Waals surface area contributed by atoms with Crippen molar-refractivity contribution < 1.29 is 0 Å².